The molecule has 0 aromatic heterocycles. The lowest BCUT2D eigenvalue weighted by atomic mass is 10.0. The molecule has 0 fully saturated rings. The Kier molecular flexibility index (Phi) is 19.6. The van der Waals surface area contributed by atoms with Crippen LogP contribution in [-0.4, -0.2) is 13.9 Å². The number of nitrogens with two attached hydrogens (primary N) is 1. The highest BCUT2D eigenvalue weighted by atomic mass is 35.6. The van der Waals surface area contributed by atoms with E-state index in [2.05, 4.69) is 13.1 Å². The van der Waals surface area contributed by atoms with Crippen molar-refractivity contribution in [3.8, 4) is 0 Å². The zero-order valence-electron chi connectivity index (χ0n) is 17.6. The summed E-state index contributed by atoms with van der Waals surface area (Å²) in [7, 11) is -1.30. The van der Waals surface area contributed by atoms with Crippen molar-refractivity contribution in [3.05, 3.63) is 0 Å². The van der Waals surface area contributed by atoms with Crippen LogP contribution in [0.15, 0.2) is 0 Å². The topological polar surface area (TPSA) is 26.0 Å². The Balaban J connectivity index is 3.01. The van der Waals surface area contributed by atoms with Gasteiger partial charge in [-0.05, 0) is 19.0 Å². The second kappa shape index (κ2) is 19.2. The molecule has 0 saturated carbocycles. The lowest BCUT2D eigenvalue weighted by Crippen LogP contribution is -2.14. The van der Waals surface area contributed by atoms with Gasteiger partial charge in [0, 0.05) is 0 Å². The van der Waals surface area contributed by atoms with Crippen molar-refractivity contribution in [1.82, 2.24) is 0 Å². The first-order valence-corrected chi connectivity index (χ1v) is 15.7. The first-order chi connectivity index (χ1) is 12.1. The monoisotopic (exact) mass is 389 g/mol. The molecule has 152 valence electrons. The third-order valence-corrected chi connectivity index (χ3v) is 7.33. The van der Waals surface area contributed by atoms with Crippen molar-refractivity contribution in [2.75, 3.05) is 6.54 Å². The molecule has 0 heterocycles. The summed E-state index contributed by atoms with van der Waals surface area (Å²) in [5.74, 6) is 0. The third kappa shape index (κ3) is 24.5. The molecule has 0 unspecified atom stereocenters. The Morgan fingerprint density at radius 3 is 0.960 bits per heavy atom. The van der Waals surface area contributed by atoms with Gasteiger partial charge in [0.25, 0.3) is 0 Å². The van der Waals surface area contributed by atoms with Crippen LogP contribution in [0.5, 0.6) is 0 Å². The van der Waals surface area contributed by atoms with Gasteiger partial charge in [-0.1, -0.05) is 122 Å². The lowest BCUT2D eigenvalue weighted by Gasteiger charge is -2.11. The fourth-order valence-corrected chi connectivity index (χ4v) is 5.01. The van der Waals surface area contributed by atoms with Crippen LogP contribution in [-0.2, 0) is 0 Å². The van der Waals surface area contributed by atoms with Gasteiger partial charge in [-0.15, -0.1) is 0 Å². The number of unbranched alkanes of at least 4 members (excludes halogenated alkanes) is 17. The minimum atomic E-state index is -1.30. The molecule has 0 aliphatic heterocycles. The molecule has 25 heavy (non-hydrogen) atoms. The molecule has 0 aliphatic rings. The van der Waals surface area contributed by atoms with Gasteiger partial charge in [-0.3, -0.25) is 0 Å². The molecule has 0 aromatic rings. The Hall–Kier alpha value is 0.467. The summed E-state index contributed by atoms with van der Waals surface area (Å²) in [6.45, 7) is 5.40. The van der Waals surface area contributed by atoms with Crippen molar-refractivity contribution in [3.63, 3.8) is 0 Å². The van der Waals surface area contributed by atoms with Crippen LogP contribution in [0, 0.1) is 0 Å². The van der Waals surface area contributed by atoms with E-state index in [1.165, 1.54) is 122 Å². The molecule has 0 radical (unpaired) electrons. The van der Waals surface area contributed by atoms with Crippen LogP contribution >= 0.6 is 11.1 Å². The number of hydrogen-bond acceptors (Lipinski definition) is 1. The maximum absolute atomic E-state index is 6.35. The lowest BCUT2D eigenvalue weighted by molar-refractivity contribution is 0.525. The predicted octanol–water partition coefficient (Wildman–Crippen LogP) is 8.41. The molecule has 0 bridgehead atoms. The molecule has 0 spiro atoms. The minimum Gasteiger partial charge on any atom is -0.330 e. The van der Waals surface area contributed by atoms with Gasteiger partial charge in [0.2, 0.25) is 0 Å². The van der Waals surface area contributed by atoms with Crippen molar-refractivity contribution in [2.45, 2.75) is 135 Å². The minimum absolute atomic E-state index is 0.869. The van der Waals surface area contributed by atoms with E-state index < -0.39 is 7.38 Å². The number of halogens is 1. The molecule has 0 saturated heterocycles. The predicted molar refractivity (Wildman–Crippen MR) is 120 cm³/mol. The van der Waals surface area contributed by atoms with Gasteiger partial charge < -0.3 is 5.73 Å². The molecular formula is C22H48ClNSi. The van der Waals surface area contributed by atoms with Gasteiger partial charge >= 0.3 is 0 Å². The van der Waals surface area contributed by atoms with Crippen LogP contribution in [0.3, 0.4) is 0 Å². The zero-order valence-corrected chi connectivity index (χ0v) is 19.4. The first-order valence-electron chi connectivity index (χ1n) is 11.5. The summed E-state index contributed by atoms with van der Waals surface area (Å²) in [6.07, 6.45) is 25.6. The Morgan fingerprint density at radius 1 is 0.480 bits per heavy atom. The van der Waals surface area contributed by atoms with E-state index in [1.54, 1.807) is 0 Å². The van der Waals surface area contributed by atoms with Gasteiger partial charge in [0.1, 0.15) is 7.38 Å². The van der Waals surface area contributed by atoms with Crippen molar-refractivity contribution < 1.29 is 0 Å². The van der Waals surface area contributed by atoms with Crippen LogP contribution < -0.4 is 5.73 Å². The average molecular weight is 390 g/mol. The zero-order chi connectivity index (χ0) is 18.6. The summed E-state index contributed by atoms with van der Waals surface area (Å²) >= 11 is 6.35. The largest absolute Gasteiger partial charge is 0.330 e. The molecule has 0 atom stereocenters. The van der Waals surface area contributed by atoms with Crippen LogP contribution in [0.1, 0.15) is 116 Å². The molecule has 1 nitrogen and oxygen atoms in total. The van der Waals surface area contributed by atoms with E-state index in [0.29, 0.717) is 0 Å². The van der Waals surface area contributed by atoms with Crippen molar-refractivity contribution >= 4 is 18.5 Å². The van der Waals surface area contributed by atoms with Gasteiger partial charge in [0.05, 0.1) is 0 Å². The Labute approximate surface area is 165 Å². The van der Waals surface area contributed by atoms with E-state index in [9.17, 15) is 0 Å². The summed E-state index contributed by atoms with van der Waals surface area (Å²) in [4.78, 5) is 0. The number of hydrogen-bond donors (Lipinski definition) is 1. The van der Waals surface area contributed by atoms with Crippen molar-refractivity contribution in [1.29, 1.82) is 0 Å². The van der Waals surface area contributed by atoms with Crippen LogP contribution in [0.25, 0.3) is 0 Å². The highest BCUT2D eigenvalue weighted by Crippen LogP contribution is 2.19. The maximum atomic E-state index is 6.35. The fourth-order valence-electron chi connectivity index (χ4n) is 3.52. The molecule has 0 aromatic carbocycles. The molecule has 3 heteroatoms. The van der Waals surface area contributed by atoms with E-state index in [1.807, 2.05) is 0 Å². The van der Waals surface area contributed by atoms with Crippen LogP contribution in [0.2, 0.25) is 19.1 Å². The molecule has 2 N–H and O–H groups in total. The van der Waals surface area contributed by atoms with E-state index in [-0.39, 0.29) is 0 Å². The molecule has 0 amide bonds. The smallest absolute Gasteiger partial charge is 0.150 e. The van der Waals surface area contributed by atoms with E-state index >= 15 is 0 Å². The summed E-state index contributed by atoms with van der Waals surface area (Å²) in [5, 5.41) is 0. The Morgan fingerprint density at radius 2 is 0.720 bits per heavy atom. The third-order valence-electron chi connectivity index (χ3n) is 5.23. The Bertz CT molecular complexity index is 253. The summed E-state index contributed by atoms with van der Waals surface area (Å²) in [6, 6.07) is 1.29. The summed E-state index contributed by atoms with van der Waals surface area (Å²) < 4.78 is 0. The van der Waals surface area contributed by atoms with E-state index in [0.717, 1.165) is 6.54 Å². The summed E-state index contributed by atoms with van der Waals surface area (Å²) in [5.41, 5.74) is 5.51. The second-order valence-corrected chi connectivity index (χ2v) is 15.6. The van der Waals surface area contributed by atoms with Gasteiger partial charge in [0.15, 0.2) is 0 Å². The quantitative estimate of drug-likeness (QED) is 0.126. The second-order valence-electron chi connectivity index (χ2n) is 8.62. The van der Waals surface area contributed by atoms with Crippen molar-refractivity contribution in [2.24, 2.45) is 5.73 Å². The first kappa shape index (κ1) is 25.5. The van der Waals surface area contributed by atoms with E-state index in [4.69, 9.17) is 16.8 Å². The van der Waals surface area contributed by atoms with Crippen LogP contribution in [0.4, 0.5) is 0 Å². The maximum Gasteiger partial charge on any atom is 0.150 e. The van der Waals surface area contributed by atoms with Gasteiger partial charge in [-0.25, -0.2) is 0 Å². The normalized spacial score (nSPS) is 12.0. The highest BCUT2D eigenvalue weighted by Gasteiger charge is 2.15. The highest BCUT2D eigenvalue weighted by molar-refractivity contribution is 7.19. The van der Waals surface area contributed by atoms with Gasteiger partial charge in [-0.2, -0.15) is 11.1 Å². The standard InChI is InChI=1S/C22H48ClNSi/c1-25(2,23)22-20-18-16-14-12-10-8-6-4-3-5-7-9-11-13-15-17-19-21-24/h3-22,24H2,1-2H3. The fraction of sp³-hybridized carbons (Fsp3) is 1.00. The molecular weight excluding hydrogens is 342 g/mol. The molecule has 0 rings (SSSR count). The molecule has 0 aliphatic carbocycles. The number of rotatable bonds is 20. The SMILES string of the molecule is C[Si](C)(Cl)CCCCCCCCCCCCCCCCCCCCN. The average Bonchev–Trinajstić information content (AvgIpc) is 2.56.